The van der Waals surface area contributed by atoms with Gasteiger partial charge in [-0.3, -0.25) is 0 Å². The molecule has 4 aromatic rings. The summed E-state index contributed by atoms with van der Waals surface area (Å²) < 4.78 is 11.4. The molecule has 0 saturated heterocycles. The number of hydrogen-bond acceptors (Lipinski definition) is 5. The van der Waals surface area contributed by atoms with Crippen molar-refractivity contribution in [3.05, 3.63) is 66.7 Å². The van der Waals surface area contributed by atoms with Crippen molar-refractivity contribution < 1.29 is 9.47 Å². The lowest BCUT2D eigenvalue weighted by Crippen LogP contribution is -2.01. The first kappa shape index (κ1) is 14.4. The number of ether oxygens (including phenoxy) is 2. The van der Waals surface area contributed by atoms with E-state index in [-0.39, 0.29) is 0 Å². The van der Waals surface area contributed by atoms with Crippen LogP contribution in [0, 0.1) is 6.20 Å². The van der Waals surface area contributed by atoms with E-state index in [0.29, 0.717) is 23.6 Å². The molecule has 1 radical (unpaired) electrons. The second-order valence-corrected chi connectivity index (χ2v) is 5.26. The standard InChI is InChI=1S/C19H14N3O2/c1-23-19-17(9-7-14-10-20-12-21-18(14)19)24-11-15-8-6-13-4-2-3-5-16(13)22-15/h2-9,12H,11H2,1H3. The Morgan fingerprint density at radius 2 is 1.96 bits per heavy atom. The molecule has 0 bridgehead atoms. The Hall–Kier alpha value is -3.21. The van der Waals surface area contributed by atoms with Gasteiger partial charge in [0, 0.05) is 10.8 Å². The van der Waals surface area contributed by atoms with Crippen LogP contribution in [-0.4, -0.2) is 22.1 Å². The quantitative estimate of drug-likeness (QED) is 0.576. The number of pyridine rings is 1. The van der Waals surface area contributed by atoms with E-state index in [2.05, 4.69) is 21.1 Å². The molecule has 2 aromatic carbocycles. The maximum Gasteiger partial charge on any atom is 0.187 e. The molecule has 5 nitrogen and oxygen atoms in total. The Morgan fingerprint density at radius 3 is 2.88 bits per heavy atom. The lowest BCUT2D eigenvalue weighted by Gasteiger charge is -2.12. The van der Waals surface area contributed by atoms with Crippen molar-refractivity contribution in [2.75, 3.05) is 7.11 Å². The molecule has 0 amide bonds. The number of nitrogens with zero attached hydrogens (tertiary/aromatic N) is 3. The monoisotopic (exact) mass is 316 g/mol. The summed E-state index contributed by atoms with van der Waals surface area (Å²) in [6.07, 6.45) is 4.33. The van der Waals surface area contributed by atoms with Gasteiger partial charge in [-0.1, -0.05) is 24.3 Å². The third-order valence-corrected chi connectivity index (χ3v) is 3.76. The van der Waals surface area contributed by atoms with Crippen LogP contribution in [0.4, 0.5) is 0 Å². The molecule has 4 rings (SSSR count). The molecule has 2 heterocycles. The fourth-order valence-corrected chi connectivity index (χ4v) is 2.61. The van der Waals surface area contributed by atoms with E-state index in [1.54, 1.807) is 7.11 Å². The lowest BCUT2D eigenvalue weighted by atomic mass is 10.2. The van der Waals surface area contributed by atoms with Crippen molar-refractivity contribution in [1.29, 1.82) is 0 Å². The second-order valence-electron chi connectivity index (χ2n) is 5.26. The molecule has 5 heteroatoms. The van der Waals surface area contributed by atoms with Gasteiger partial charge in [0.15, 0.2) is 11.5 Å². The minimum Gasteiger partial charge on any atom is -0.491 e. The maximum absolute atomic E-state index is 5.91. The number of para-hydroxylation sites is 1. The summed E-state index contributed by atoms with van der Waals surface area (Å²) in [6, 6.07) is 15.7. The molecular formula is C19H14N3O2. The van der Waals surface area contributed by atoms with E-state index in [1.165, 1.54) is 6.33 Å². The number of hydrogen-bond donors (Lipinski definition) is 0. The average Bonchev–Trinajstić information content (AvgIpc) is 2.65. The molecule has 117 valence electrons. The third kappa shape index (κ3) is 2.60. The van der Waals surface area contributed by atoms with Crippen molar-refractivity contribution in [3.8, 4) is 11.5 Å². The average molecular weight is 316 g/mol. The van der Waals surface area contributed by atoms with E-state index in [1.807, 2.05) is 48.5 Å². The molecule has 0 aliphatic carbocycles. The van der Waals surface area contributed by atoms with Gasteiger partial charge < -0.3 is 9.47 Å². The predicted molar refractivity (Wildman–Crippen MR) is 91.0 cm³/mol. The van der Waals surface area contributed by atoms with Crippen LogP contribution in [0.1, 0.15) is 5.69 Å². The zero-order valence-electron chi connectivity index (χ0n) is 13.1. The fraction of sp³-hybridized carbons (Fsp3) is 0.105. The minimum absolute atomic E-state index is 0.349. The van der Waals surface area contributed by atoms with E-state index in [9.17, 15) is 0 Å². The highest BCUT2D eigenvalue weighted by Gasteiger charge is 2.11. The van der Waals surface area contributed by atoms with E-state index >= 15 is 0 Å². The molecule has 0 saturated carbocycles. The highest BCUT2D eigenvalue weighted by atomic mass is 16.5. The first-order valence-electron chi connectivity index (χ1n) is 7.52. The fourth-order valence-electron chi connectivity index (χ4n) is 2.61. The van der Waals surface area contributed by atoms with Crippen molar-refractivity contribution in [1.82, 2.24) is 15.0 Å². The first-order chi connectivity index (χ1) is 11.8. The molecule has 0 aliphatic rings. The summed E-state index contributed by atoms with van der Waals surface area (Å²) in [7, 11) is 1.60. The minimum atomic E-state index is 0.349. The maximum atomic E-state index is 5.91. The number of fused-ring (bicyclic) bond motifs is 2. The molecule has 0 spiro atoms. The van der Waals surface area contributed by atoms with E-state index in [4.69, 9.17) is 9.47 Å². The highest BCUT2D eigenvalue weighted by Crippen LogP contribution is 2.34. The van der Waals surface area contributed by atoms with Gasteiger partial charge >= 0.3 is 0 Å². The van der Waals surface area contributed by atoms with E-state index in [0.717, 1.165) is 22.0 Å². The van der Waals surface area contributed by atoms with Crippen molar-refractivity contribution in [2.45, 2.75) is 6.61 Å². The SMILES string of the molecule is COc1c(OCc2ccc3ccccc3n2)ccc2[c]ncnc12. The van der Waals surface area contributed by atoms with Gasteiger partial charge in [0.2, 0.25) is 0 Å². The number of benzene rings is 2. The highest BCUT2D eigenvalue weighted by molar-refractivity contribution is 5.86. The summed E-state index contributed by atoms with van der Waals surface area (Å²) in [4.78, 5) is 12.8. The van der Waals surface area contributed by atoms with Crippen LogP contribution in [0.5, 0.6) is 11.5 Å². The smallest absolute Gasteiger partial charge is 0.187 e. The Bertz CT molecular complexity index is 1020. The number of methoxy groups -OCH3 is 1. The normalized spacial score (nSPS) is 10.9. The molecule has 0 fully saturated rings. The van der Waals surface area contributed by atoms with Crippen LogP contribution in [0.2, 0.25) is 0 Å². The first-order valence-corrected chi connectivity index (χ1v) is 7.52. The van der Waals surface area contributed by atoms with Gasteiger partial charge in [0.1, 0.15) is 24.6 Å². The Morgan fingerprint density at radius 1 is 1.04 bits per heavy atom. The topological polar surface area (TPSA) is 57.1 Å². The summed E-state index contributed by atoms with van der Waals surface area (Å²) in [5.74, 6) is 1.19. The second kappa shape index (κ2) is 6.12. The zero-order valence-corrected chi connectivity index (χ0v) is 13.1. The van der Waals surface area contributed by atoms with Gasteiger partial charge in [0.05, 0.1) is 18.3 Å². The third-order valence-electron chi connectivity index (χ3n) is 3.76. The van der Waals surface area contributed by atoms with Crippen LogP contribution in [0.3, 0.4) is 0 Å². The lowest BCUT2D eigenvalue weighted by molar-refractivity contribution is 0.282. The van der Waals surface area contributed by atoms with Crippen LogP contribution >= 0.6 is 0 Å². The summed E-state index contributed by atoms with van der Waals surface area (Å²) in [5, 5.41) is 1.89. The summed E-state index contributed by atoms with van der Waals surface area (Å²) >= 11 is 0. The van der Waals surface area contributed by atoms with Gasteiger partial charge in [-0.05, 0) is 24.3 Å². The molecule has 0 atom stereocenters. The van der Waals surface area contributed by atoms with Crippen LogP contribution in [0.15, 0.2) is 54.9 Å². The van der Waals surface area contributed by atoms with Crippen LogP contribution in [0.25, 0.3) is 21.8 Å². The van der Waals surface area contributed by atoms with Crippen molar-refractivity contribution >= 4 is 21.8 Å². The summed E-state index contributed by atoms with van der Waals surface area (Å²) in [5.41, 5.74) is 2.48. The van der Waals surface area contributed by atoms with Gasteiger partial charge in [-0.25, -0.2) is 15.0 Å². The molecular weight excluding hydrogens is 302 g/mol. The Labute approximate surface area is 138 Å². The molecule has 0 aliphatic heterocycles. The van der Waals surface area contributed by atoms with Gasteiger partial charge in [-0.2, -0.15) is 0 Å². The van der Waals surface area contributed by atoms with Crippen molar-refractivity contribution in [3.63, 3.8) is 0 Å². The Balaban J connectivity index is 1.63. The van der Waals surface area contributed by atoms with Gasteiger partial charge in [-0.15, -0.1) is 0 Å². The van der Waals surface area contributed by atoms with Crippen LogP contribution < -0.4 is 9.47 Å². The van der Waals surface area contributed by atoms with Crippen molar-refractivity contribution in [2.24, 2.45) is 0 Å². The molecule has 2 aromatic heterocycles. The molecule has 24 heavy (non-hydrogen) atoms. The van der Waals surface area contributed by atoms with Crippen LogP contribution in [-0.2, 0) is 6.61 Å². The van der Waals surface area contributed by atoms with Gasteiger partial charge in [0.25, 0.3) is 0 Å². The molecule has 0 unspecified atom stereocenters. The number of aromatic nitrogens is 3. The predicted octanol–water partition coefficient (Wildman–Crippen LogP) is 3.57. The largest absolute Gasteiger partial charge is 0.491 e. The number of rotatable bonds is 4. The van der Waals surface area contributed by atoms with E-state index < -0.39 is 0 Å². The molecule has 0 N–H and O–H groups in total. The zero-order chi connectivity index (χ0) is 16.4. The Kier molecular flexibility index (Phi) is 3.67. The summed E-state index contributed by atoms with van der Waals surface area (Å²) in [6.45, 7) is 0.349.